The molecule has 0 spiro atoms. The lowest BCUT2D eigenvalue weighted by Crippen LogP contribution is -2.24. The fourth-order valence-corrected chi connectivity index (χ4v) is 3.77. The zero-order valence-electron chi connectivity index (χ0n) is 21.2. The average molecular weight is 582 g/mol. The van der Waals surface area contributed by atoms with Crippen LogP contribution in [0.5, 0.6) is 17.2 Å². The van der Waals surface area contributed by atoms with E-state index in [-0.39, 0.29) is 29.2 Å². The predicted octanol–water partition coefficient (Wildman–Crippen LogP) is 4.84. The predicted molar refractivity (Wildman–Crippen MR) is 146 cm³/mol. The van der Waals surface area contributed by atoms with Crippen LogP contribution in [0.2, 0.25) is 0 Å². The van der Waals surface area contributed by atoms with Crippen molar-refractivity contribution in [2.45, 2.75) is 33.2 Å². The summed E-state index contributed by atoms with van der Waals surface area (Å²) in [6, 6.07) is 15.3. The van der Waals surface area contributed by atoms with Crippen LogP contribution in [0.25, 0.3) is 0 Å². The number of nitrogens with zero attached hydrogens (tertiary/aromatic N) is 1. The number of phenols is 1. The zero-order chi connectivity index (χ0) is 27.8. The molecule has 0 heterocycles. The number of ketones is 1. The second-order valence-corrected chi connectivity index (χ2v) is 9.86. The molecular formula is C29H28BrNO7. The van der Waals surface area contributed by atoms with Crippen LogP contribution in [0.4, 0.5) is 0 Å². The van der Waals surface area contributed by atoms with Crippen molar-refractivity contribution in [2.75, 3.05) is 6.61 Å². The van der Waals surface area contributed by atoms with Crippen molar-refractivity contribution in [1.82, 2.24) is 0 Å². The lowest BCUT2D eigenvalue weighted by atomic mass is 10.0. The minimum absolute atomic E-state index is 0.0102. The topological polar surface area (TPSA) is 122 Å². The molecule has 9 heteroatoms. The van der Waals surface area contributed by atoms with Gasteiger partial charge in [0, 0.05) is 22.7 Å². The molecule has 3 aromatic carbocycles. The van der Waals surface area contributed by atoms with Gasteiger partial charge in [-0.1, -0.05) is 59.6 Å². The van der Waals surface area contributed by atoms with Gasteiger partial charge in [0.05, 0.1) is 11.5 Å². The largest absolute Gasteiger partial charge is 0.508 e. The molecule has 0 aliphatic carbocycles. The Morgan fingerprint density at radius 1 is 1.00 bits per heavy atom. The van der Waals surface area contributed by atoms with Crippen LogP contribution in [-0.2, 0) is 16.0 Å². The summed E-state index contributed by atoms with van der Waals surface area (Å²) < 4.78 is 11.7. The van der Waals surface area contributed by atoms with Crippen molar-refractivity contribution in [3.8, 4) is 17.2 Å². The highest BCUT2D eigenvalue weighted by Crippen LogP contribution is 2.35. The van der Waals surface area contributed by atoms with Crippen LogP contribution in [0.1, 0.15) is 40.9 Å². The van der Waals surface area contributed by atoms with E-state index in [0.717, 1.165) is 11.1 Å². The Bertz CT molecular complexity index is 1330. The molecule has 1 atom stereocenters. The van der Waals surface area contributed by atoms with Crippen molar-refractivity contribution >= 4 is 39.9 Å². The number of carbonyl (C=O) groups is 3. The summed E-state index contributed by atoms with van der Waals surface area (Å²) in [5.41, 5.74) is 2.30. The summed E-state index contributed by atoms with van der Waals surface area (Å²) in [5, 5.41) is 19.0. The van der Waals surface area contributed by atoms with Gasteiger partial charge in [0.25, 0.3) is 0 Å². The molecule has 1 unspecified atom stereocenters. The quantitative estimate of drug-likeness (QED) is 0.199. The highest BCUT2D eigenvalue weighted by molar-refractivity contribution is 9.10. The van der Waals surface area contributed by atoms with Crippen molar-refractivity contribution in [3.05, 3.63) is 87.4 Å². The molecule has 0 aliphatic rings. The van der Waals surface area contributed by atoms with Gasteiger partial charge >= 0.3 is 11.9 Å². The summed E-state index contributed by atoms with van der Waals surface area (Å²) >= 11 is 3.38. The maximum absolute atomic E-state index is 12.8. The first-order valence-electron chi connectivity index (χ1n) is 11.9. The van der Waals surface area contributed by atoms with Gasteiger partial charge in [0.1, 0.15) is 18.4 Å². The van der Waals surface area contributed by atoms with Crippen LogP contribution in [0, 0.1) is 12.8 Å². The minimum Gasteiger partial charge on any atom is -0.508 e. The molecular weight excluding hydrogens is 554 g/mol. The molecule has 0 bridgehead atoms. The number of rotatable bonds is 10. The number of hydrogen-bond donors (Lipinski definition) is 2. The molecule has 0 saturated carbocycles. The van der Waals surface area contributed by atoms with E-state index in [4.69, 9.17) is 9.47 Å². The van der Waals surface area contributed by atoms with Gasteiger partial charge in [0.15, 0.2) is 17.3 Å². The Labute approximate surface area is 229 Å². The third kappa shape index (κ3) is 7.84. The normalized spacial score (nSPS) is 11.9. The van der Waals surface area contributed by atoms with E-state index >= 15 is 0 Å². The smallest absolute Gasteiger partial charge is 0.343 e. The van der Waals surface area contributed by atoms with Gasteiger partial charge in [-0.05, 0) is 48.9 Å². The summed E-state index contributed by atoms with van der Waals surface area (Å²) in [4.78, 5) is 42.2. The molecule has 3 rings (SSSR count). The molecule has 2 N–H and O–H groups in total. The van der Waals surface area contributed by atoms with Gasteiger partial charge in [-0.3, -0.25) is 14.6 Å². The molecule has 0 saturated heterocycles. The van der Waals surface area contributed by atoms with Gasteiger partial charge in [-0.2, -0.15) is 0 Å². The number of Topliss-reactive ketones (excluding diaryl/α,β-unsaturated/α-hetero) is 1. The number of benzene rings is 3. The molecule has 3 aromatic rings. The molecule has 0 radical (unpaired) electrons. The first-order chi connectivity index (χ1) is 18.1. The number of carbonyl (C=O) groups excluding carboxylic acids is 3. The number of aliphatic hydroxyl groups is 1. The van der Waals surface area contributed by atoms with Crippen LogP contribution < -0.4 is 9.47 Å². The van der Waals surface area contributed by atoms with Crippen LogP contribution in [-0.4, -0.2) is 46.8 Å². The lowest BCUT2D eigenvalue weighted by Gasteiger charge is -2.16. The summed E-state index contributed by atoms with van der Waals surface area (Å²) in [6.45, 7) is 4.52. The van der Waals surface area contributed by atoms with Crippen LogP contribution >= 0.6 is 15.9 Å². The maximum Gasteiger partial charge on any atom is 0.343 e. The van der Waals surface area contributed by atoms with E-state index in [0.29, 0.717) is 10.0 Å². The standard InChI is InChI=1S/C29H28BrNO7/c1-17(2)28(35)38-27-21(15-31-24(25(34)16-32)12-19-6-10-23(33)11-7-19)13-22(30)14-26(27)37-29(36)20-8-4-18(3)5-9-20/h4-11,13-15,17,24,32-33H,12,16H2,1-3H3. The van der Waals surface area contributed by atoms with E-state index in [1.165, 1.54) is 24.4 Å². The molecule has 8 nitrogen and oxygen atoms in total. The number of esters is 2. The maximum atomic E-state index is 12.8. The highest BCUT2D eigenvalue weighted by atomic mass is 79.9. The van der Waals surface area contributed by atoms with Crippen LogP contribution in [0.15, 0.2) is 70.1 Å². The Balaban J connectivity index is 2.00. The van der Waals surface area contributed by atoms with Gasteiger partial charge in [-0.15, -0.1) is 0 Å². The number of ether oxygens (including phenoxy) is 2. The Kier molecular flexibility index (Phi) is 9.92. The monoisotopic (exact) mass is 581 g/mol. The summed E-state index contributed by atoms with van der Waals surface area (Å²) in [6.07, 6.45) is 1.51. The third-order valence-corrected chi connectivity index (χ3v) is 5.96. The first-order valence-corrected chi connectivity index (χ1v) is 12.7. The van der Waals surface area contributed by atoms with Crippen LogP contribution in [0.3, 0.4) is 0 Å². The molecule has 38 heavy (non-hydrogen) atoms. The van der Waals surface area contributed by atoms with E-state index < -0.39 is 36.3 Å². The van der Waals surface area contributed by atoms with E-state index in [9.17, 15) is 24.6 Å². The minimum atomic E-state index is -0.948. The van der Waals surface area contributed by atoms with E-state index in [1.54, 1.807) is 56.3 Å². The molecule has 0 aromatic heterocycles. The fourth-order valence-electron chi connectivity index (χ4n) is 3.32. The summed E-state index contributed by atoms with van der Waals surface area (Å²) in [5.74, 6) is -2.14. The second kappa shape index (κ2) is 13.1. The molecule has 198 valence electrons. The second-order valence-electron chi connectivity index (χ2n) is 8.94. The van der Waals surface area contributed by atoms with Gasteiger partial charge in [0.2, 0.25) is 0 Å². The number of aliphatic hydroxyl groups excluding tert-OH is 1. The highest BCUT2D eigenvalue weighted by Gasteiger charge is 2.22. The van der Waals surface area contributed by atoms with Crippen molar-refractivity contribution < 1.29 is 34.1 Å². The number of aliphatic imine (C=N–C) groups is 1. The van der Waals surface area contributed by atoms with Crippen molar-refractivity contribution in [1.29, 1.82) is 0 Å². The van der Waals surface area contributed by atoms with Gasteiger partial charge in [-0.25, -0.2) is 4.79 Å². The first kappa shape index (κ1) is 28.7. The summed E-state index contributed by atoms with van der Waals surface area (Å²) in [7, 11) is 0. The van der Waals surface area contributed by atoms with E-state index in [1.807, 2.05) is 6.92 Å². The number of aromatic hydroxyl groups is 1. The van der Waals surface area contributed by atoms with Gasteiger partial charge < -0.3 is 19.7 Å². The van der Waals surface area contributed by atoms with E-state index in [2.05, 4.69) is 20.9 Å². The molecule has 0 fully saturated rings. The fraction of sp³-hybridized carbons (Fsp3) is 0.241. The number of hydrogen-bond acceptors (Lipinski definition) is 8. The third-order valence-electron chi connectivity index (χ3n) is 5.50. The number of halogens is 1. The Morgan fingerprint density at radius 3 is 2.26 bits per heavy atom. The zero-order valence-corrected chi connectivity index (χ0v) is 22.8. The molecule has 0 aliphatic heterocycles. The number of phenolic OH excluding ortho intramolecular Hbond substituents is 1. The van der Waals surface area contributed by atoms with Crippen molar-refractivity contribution in [3.63, 3.8) is 0 Å². The lowest BCUT2D eigenvalue weighted by molar-refractivity contribution is -0.137. The average Bonchev–Trinajstić information content (AvgIpc) is 2.88. The SMILES string of the molecule is Cc1ccc(C(=O)Oc2cc(Br)cc(C=NC(Cc3ccc(O)cc3)C(=O)CO)c2OC(=O)C(C)C)cc1. The Hall–Kier alpha value is -3.82. The Morgan fingerprint density at radius 2 is 1.66 bits per heavy atom. The van der Waals surface area contributed by atoms with Crippen molar-refractivity contribution in [2.24, 2.45) is 10.9 Å². The number of aryl methyl sites for hydroxylation is 1. The molecule has 0 amide bonds.